The van der Waals surface area contributed by atoms with Gasteiger partial charge in [-0.25, -0.2) is 0 Å². The second-order valence-electron chi connectivity index (χ2n) is 3.61. The summed E-state index contributed by atoms with van der Waals surface area (Å²) in [5.41, 5.74) is 0.955. The van der Waals surface area contributed by atoms with Crippen LogP contribution < -0.4 is 0 Å². The summed E-state index contributed by atoms with van der Waals surface area (Å²) in [6.45, 7) is 2.71. The van der Waals surface area contributed by atoms with Crippen LogP contribution in [0.25, 0.3) is 0 Å². The SMILES string of the molecule is CC(=O)C(c1ccccc1)C1OCCO1. The third-order valence-electron chi connectivity index (χ3n) is 2.52. The Labute approximate surface area is 89.0 Å². The summed E-state index contributed by atoms with van der Waals surface area (Å²) in [6.07, 6.45) is -0.412. The lowest BCUT2D eigenvalue weighted by atomic mass is 9.95. The molecule has 0 bridgehead atoms. The van der Waals surface area contributed by atoms with Gasteiger partial charge in [0.15, 0.2) is 6.29 Å². The summed E-state index contributed by atoms with van der Waals surface area (Å²) in [6, 6.07) is 9.62. The molecule has 0 radical (unpaired) electrons. The lowest BCUT2D eigenvalue weighted by molar-refractivity contribution is -0.129. The monoisotopic (exact) mass is 206 g/mol. The van der Waals surface area contributed by atoms with E-state index in [0.29, 0.717) is 13.2 Å². The first-order valence-corrected chi connectivity index (χ1v) is 5.07. The van der Waals surface area contributed by atoms with Gasteiger partial charge in [0.2, 0.25) is 0 Å². The van der Waals surface area contributed by atoms with Gasteiger partial charge in [-0.05, 0) is 12.5 Å². The Morgan fingerprint density at radius 1 is 1.27 bits per heavy atom. The number of ketones is 1. The van der Waals surface area contributed by atoms with Crippen LogP contribution in [0.15, 0.2) is 30.3 Å². The molecule has 1 aliphatic heterocycles. The van der Waals surface area contributed by atoms with Gasteiger partial charge in [0.25, 0.3) is 0 Å². The fourth-order valence-corrected chi connectivity index (χ4v) is 1.81. The first-order valence-electron chi connectivity index (χ1n) is 5.07. The Kier molecular flexibility index (Phi) is 3.14. The van der Waals surface area contributed by atoms with Crippen molar-refractivity contribution in [2.24, 2.45) is 0 Å². The fourth-order valence-electron chi connectivity index (χ4n) is 1.81. The maximum absolute atomic E-state index is 11.6. The Balaban J connectivity index is 2.23. The predicted octanol–water partition coefficient (Wildman–Crippen LogP) is 1.73. The summed E-state index contributed by atoms with van der Waals surface area (Å²) in [5.74, 6) is -0.221. The van der Waals surface area contributed by atoms with Gasteiger partial charge in [-0.3, -0.25) is 4.79 Å². The smallest absolute Gasteiger partial charge is 0.171 e. The van der Waals surface area contributed by atoms with Crippen LogP contribution in [0, 0.1) is 0 Å². The number of Topliss-reactive ketones (excluding diaryl/α,β-unsaturated/α-hetero) is 1. The molecule has 15 heavy (non-hydrogen) atoms. The van der Waals surface area contributed by atoms with Crippen molar-refractivity contribution >= 4 is 5.78 Å². The van der Waals surface area contributed by atoms with E-state index >= 15 is 0 Å². The number of benzene rings is 1. The quantitative estimate of drug-likeness (QED) is 0.755. The molecular formula is C12H14O3. The summed E-state index contributed by atoms with van der Waals surface area (Å²) >= 11 is 0. The minimum absolute atomic E-state index is 0.0769. The number of ether oxygens (including phenoxy) is 2. The van der Waals surface area contributed by atoms with E-state index < -0.39 is 6.29 Å². The van der Waals surface area contributed by atoms with Crippen molar-refractivity contribution in [3.63, 3.8) is 0 Å². The molecule has 2 rings (SSSR count). The maximum Gasteiger partial charge on any atom is 0.171 e. The largest absolute Gasteiger partial charge is 0.349 e. The molecule has 0 aliphatic carbocycles. The van der Waals surface area contributed by atoms with Crippen LogP contribution in [0.5, 0.6) is 0 Å². The van der Waals surface area contributed by atoms with E-state index in [2.05, 4.69) is 0 Å². The molecule has 3 heteroatoms. The molecule has 0 N–H and O–H groups in total. The number of carbonyl (C=O) groups excluding carboxylic acids is 1. The van der Waals surface area contributed by atoms with Crippen molar-refractivity contribution in [1.29, 1.82) is 0 Å². The number of hydrogen-bond donors (Lipinski definition) is 0. The molecule has 1 atom stereocenters. The Bertz CT molecular complexity index is 328. The van der Waals surface area contributed by atoms with Gasteiger partial charge in [-0.2, -0.15) is 0 Å². The van der Waals surface area contributed by atoms with E-state index in [1.165, 1.54) is 0 Å². The highest BCUT2D eigenvalue weighted by Crippen LogP contribution is 2.26. The Morgan fingerprint density at radius 3 is 2.40 bits per heavy atom. The number of hydrogen-bond acceptors (Lipinski definition) is 3. The maximum atomic E-state index is 11.6. The van der Waals surface area contributed by atoms with E-state index in [9.17, 15) is 4.79 Å². The minimum Gasteiger partial charge on any atom is -0.349 e. The molecule has 0 aromatic heterocycles. The van der Waals surface area contributed by atoms with E-state index in [1.807, 2.05) is 30.3 Å². The van der Waals surface area contributed by atoms with Gasteiger partial charge >= 0.3 is 0 Å². The van der Waals surface area contributed by atoms with Crippen molar-refractivity contribution in [3.8, 4) is 0 Å². The van der Waals surface area contributed by atoms with Gasteiger partial charge in [0, 0.05) is 0 Å². The molecular weight excluding hydrogens is 192 g/mol. The van der Waals surface area contributed by atoms with Gasteiger partial charge in [-0.15, -0.1) is 0 Å². The van der Waals surface area contributed by atoms with Crippen LogP contribution in [-0.4, -0.2) is 25.3 Å². The molecule has 1 saturated heterocycles. The molecule has 80 valence electrons. The predicted molar refractivity (Wildman–Crippen MR) is 55.6 cm³/mol. The highest BCUT2D eigenvalue weighted by Gasteiger charge is 2.31. The van der Waals surface area contributed by atoms with Crippen LogP contribution in [0.4, 0.5) is 0 Å². The van der Waals surface area contributed by atoms with Gasteiger partial charge in [0.05, 0.1) is 19.1 Å². The molecule has 0 amide bonds. The average Bonchev–Trinajstić information content (AvgIpc) is 2.72. The Hall–Kier alpha value is -1.19. The van der Waals surface area contributed by atoms with Crippen molar-refractivity contribution in [3.05, 3.63) is 35.9 Å². The summed E-state index contributed by atoms with van der Waals surface area (Å²) < 4.78 is 10.8. The van der Waals surface area contributed by atoms with Crippen molar-refractivity contribution < 1.29 is 14.3 Å². The Morgan fingerprint density at radius 2 is 1.87 bits per heavy atom. The zero-order valence-electron chi connectivity index (χ0n) is 8.68. The van der Waals surface area contributed by atoms with Gasteiger partial charge in [-0.1, -0.05) is 30.3 Å². The highest BCUT2D eigenvalue weighted by atomic mass is 16.7. The molecule has 1 aliphatic rings. The number of rotatable bonds is 3. The summed E-state index contributed by atoms with van der Waals surface area (Å²) in [5, 5.41) is 0. The van der Waals surface area contributed by atoms with E-state index in [-0.39, 0.29) is 11.7 Å². The van der Waals surface area contributed by atoms with E-state index in [1.54, 1.807) is 6.92 Å². The van der Waals surface area contributed by atoms with Crippen LogP contribution in [-0.2, 0) is 14.3 Å². The molecule has 1 heterocycles. The van der Waals surface area contributed by atoms with Crippen molar-refractivity contribution in [1.82, 2.24) is 0 Å². The number of carbonyl (C=O) groups is 1. The van der Waals surface area contributed by atoms with Crippen LogP contribution in [0.2, 0.25) is 0 Å². The zero-order valence-corrected chi connectivity index (χ0v) is 8.68. The molecule has 1 aromatic rings. The van der Waals surface area contributed by atoms with E-state index in [4.69, 9.17) is 9.47 Å². The highest BCUT2D eigenvalue weighted by molar-refractivity contribution is 5.83. The third kappa shape index (κ3) is 2.25. The van der Waals surface area contributed by atoms with Crippen LogP contribution >= 0.6 is 0 Å². The van der Waals surface area contributed by atoms with Crippen molar-refractivity contribution in [2.45, 2.75) is 19.1 Å². The minimum atomic E-state index is -0.412. The van der Waals surface area contributed by atoms with Gasteiger partial charge in [0.1, 0.15) is 5.78 Å². The third-order valence-corrected chi connectivity index (χ3v) is 2.52. The normalized spacial score (nSPS) is 19.0. The van der Waals surface area contributed by atoms with Crippen LogP contribution in [0.3, 0.4) is 0 Å². The topological polar surface area (TPSA) is 35.5 Å². The molecule has 0 spiro atoms. The fraction of sp³-hybridized carbons (Fsp3) is 0.417. The molecule has 1 aromatic carbocycles. The summed E-state index contributed by atoms with van der Waals surface area (Å²) in [4.78, 5) is 11.6. The standard InChI is InChI=1S/C12H14O3/c1-9(13)11(12-14-7-8-15-12)10-5-3-2-4-6-10/h2-6,11-12H,7-8H2,1H3. The lowest BCUT2D eigenvalue weighted by Crippen LogP contribution is -2.25. The van der Waals surface area contributed by atoms with E-state index in [0.717, 1.165) is 5.56 Å². The van der Waals surface area contributed by atoms with Crippen LogP contribution in [0.1, 0.15) is 18.4 Å². The molecule has 1 fully saturated rings. The van der Waals surface area contributed by atoms with Gasteiger partial charge < -0.3 is 9.47 Å². The zero-order chi connectivity index (χ0) is 10.7. The molecule has 0 saturated carbocycles. The first kappa shape index (κ1) is 10.3. The molecule has 3 nitrogen and oxygen atoms in total. The average molecular weight is 206 g/mol. The molecule has 1 unspecified atom stereocenters. The second-order valence-corrected chi connectivity index (χ2v) is 3.61. The second kappa shape index (κ2) is 4.55. The summed E-state index contributed by atoms with van der Waals surface area (Å²) in [7, 11) is 0. The van der Waals surface area contributed by atoms with Crippen molar-refractivity contribution in [2.75, 3.05) is 13.2 Å². The lowest BCUT2D eigenvalue weighted by Gasteiger charge is -2.19. The first-order chi connectivity index (χ1) is 7.29.